The highest BCUT2D eigenvalue weighted by Crippen LogP contribution is 2.38. The number of benzene rings is 1. The topological polar surface area (TPSA) is 73.9 Å². The highest BCUT2D eigenvalue weighted by molar-refractivity contribution is 9.10. The summed E-state index contributed by atoms with van der Waals surface area (Å²) in [6, 6.07) is 14.7. The molecule has 2 aliphatic rings. The lowest BCUT2D eigenvalue weighted by molar-refractivity contribution is 0.173. The minimum atomic E-state index is 0.294. The van der Waals surface area contributed by atoms with Crippen LogP contribution in [0, 0.1) is 11.3 Å². The van der Waals surface area contributed by atoms with E-state index in [0.29, 0.717) is 17.6 Å². The fourth-order valence-corrected chi connectivity index (χ4v) is 4.86. The van der Waals surface area contributed by atoms with Crippen LogP contribution < -0.4 is 4.90 Å². The van der Waals surface area contributed by atoms with Crippen molar-refractivity contribution in [2.24, 2.45) is 0 Å². The molecule has 2 atom stereocenters. The third kappa shape index (κ3) is 3.41. The number of nitriles is 1. The van der Waals surface area contributed by atoms with Gasteiger partial charge in [-0.15, -0.1) is 5.10 Å². The Labute approximate surface area is 177 Å². The molecule has 0 spiro atoms. The van der Waals surface area contributed by atoms with Crippen molar-refractivity contribution in [2.75, 3.05) is 24.5 Å². The second-order valence-electron chi connectivity index (χ2n) is 7.49. The Kier molecular flexibility index (Phi) is 4.78. The van der Waals surface area contributed by atoms with E-state index in [0.717, 1.165) is 54.1 Å². The molecule has 0 saturated carbocycles. The van der Waals surface area contributed by atoms with Crippen molar-refractivity contribution in [1.82, 2.24) is 24.9 Å². The third-order valence-corrected chi connectivity index (χ3v) is 6.33. The van der Waals surface area contributed by atoms with Gasteiger partial charge in [-0.3, -0.25) is 4.90 Å². The van der Waals surface area contributed by atoms with Crippen LogP contribution in [0.4, 0.5) is 5.82 Å². The number of hydrogen-bond donors (Lipinski definition) is 0. The van der Waals surface area contributed by atoms with Gasteiger partial charge in [0.1, 0.15) is 17.6 Å². The molecule has 146 valence electrons. The summed E-state index contributed by atoms with van der Waals surface area (Å²) in [5.41, 5.74) is 2.67. The predicted molar refractivity (Wildman–Crippen MR) is 113 cm³/mol. The molecule has 2 saturated heterocycles. The molecular formula is C21H20BrN7. The van der Waals surface area contributed by atoms with Crippen LogP contribution in [0.3, 0.4) is 0 Å². The van der Waals surface area contributed by atoms with Crippen LogP contribution in [0.1, 0.15) is 30.1 Å². The van der Waals surface area contributed by atoms with Gasteiger partial charge in [-0.2, -0.15) is 5.26 Å². The number of aromatic nitrogens is 4. The first-order valence-corrected chi connectivity index (χ1v) is 10.6. The van der Waals surface area contributed by atoms with Gasteiger partial charge >= 0.3 is 0 Å². The Balaban J connectivity index is 1.33. The first kappa shape index (κ1) is 18.3. The van der Waals surface area contributed by atoms with Crippen LogP contribution in [-0.4, -0.2) is 50.6 Å². The molecule has 0 aliphatic carbocycles. The van der Waals surface area contributed by atoms with Crippen molar-refractivity contribution in [3.05, 3.63) is 64.5 Å². The van der Waals surface area contributed by atoms with E-state index in [2.05, 4.69) is 47.1 Å². The van der Waals surface area contributed by atoms with Gasteiger partial charge in [-0.25, -0.2) is 9.67 Å². The summed E-state index contributed by atoms with van der Waals surface area (Å²) in [5, 5.41) is 18.2. The molecule has 0 amide bonds. The molecule has 8 heteroatoms. The van der Waals surface area contributed by atoms with Gasteiger partial charge in [0.2, 0.25) is 0 Å². The number of anilines is 1. The fourth-order valence-electron chi connectivity index (χ4n) is 4.47. The number of fused-ring (bicyclic) bond motifs is 1. The molecule has 0 N–H and O–H groups in total. The minimum absolute atomic E-state index is 0.294. The molecule has 29 heavy (non-hydrogen) atoms. The standard InChI is InChI=1S/C21H20BrN7/c22-16-4-1-5-17(11-16)29-14-19(25-26-29)20-7-6-18-13-27(9-10-28(18)20)21-15(12-23)3-2-8-24-21/h1-5,8,11,14,18,20H,6-7,9-10,13H2/t18-,20?/m0/s1. The summed E-state index contributed by atoms with van der Waals surface area (Å²) < 4.78 is 2.87. The summed E-state index contributed by atoms with van der Waals surface area (Å²) >= 11 is 3.51. The van der Waals surface area contributed by atoms with Gasteiger partial charge in [0.15, 0.2) is 0 Å². The molecule has 0 bridgehead atoms. The third-order valence-electron chi connectivity index (χ3n) is 5.83. The van der Waals surface area contributed by atoms with Gasteiger partial charge in [0, 0.05) is 36.3 Å². The summed E-state index contributed by atoms with van der Waals surface area (Å²) in [7, 11) is 0. The van der Waals surface area contributed by atoms with E-state index in [1.165, 1.54) is 0 Å². The van der Waals surface area contributed by atoms with Gasteiger partial charge in [0.05, 0.1) is 23.5 Å². The number of piperazine rings is 1. The highest BCUT2D eigenvalue weighted by atomic mass is 79.9. The summed E-state index contributed by atoms with van der Waals surface area (Å²) in [6.07, 6.45) is 6.00. The molecular weight excluding hydrogens is 430 g/mol. The predicted octanol–water partition coefficient (Wildman–Crippen LogP) is 3.32. The van der Waals surface area contributed by atoms with Crippen LogP contribution in [0.25, 0.3) is 5.69 Å². The van der Waals surface area contributed by atoms with Crippen LogP contribution in [-0.2, 0) is 0 Å². The van der Waals surface area contributed by atoms with Gasteiger partial charge < -0.3 is 4.90 Å². The second-order valence-corrected chi connectivity index (χ2v) is 8.40. The first-order valence-electron chi connectivity index (χ1n) is 9.77. The van der Waals surface area contributed by atoms with Crippen LogP contribution in [0.5, 0.6) is 0 Å². The van der Waals surface area contributed by atoms with Crippen molar-refractivity contribution in [2.45, 2.75) is 24.9 Å². The maximum atomic E-state index is 9.39. The number of halogens is 1. The van der Waals surface area contributed by atoms with Crippen LogP contribution in [0.2, 0.25) is 0 Å². The monoisotopic (exact) mass is 449 g/mol. The number of hydrogen-bond acceptors (Lipinski definition) is 6. The van der Waals surface area contributed by atoms with E-state index >= 15 is 0 Å². The summed E-state index contributed by atoms with van der Waals surface area (Å²) in [4.78, 5) is 9.26. The Morgan fingerprint density at radius 2 is 2.07 bits per heavy atom. The van der Waals surface area contributed by atoms with Crippen molar-refractivity contribution < 1.29 is 0 Å². The Hall–Kier alpha value is -2.76. The molecule has 7 nitrogen and oxygen atoms in total. The van der Waals surface area contributed by atoms with E-state index in [1.807, 2.05) is 47.3 Å². The van der Waals surface area contributed by atoms with Crippen molar-refractivity contribution in [1.29, 1.82) is 5.26 Å². The quantitative estimate of drug-likeness (QED) is 0.610. The van der Waals surface area contributed by atoms with E-state index in [1.54, 1.807) is 6.20 Å². The molecule has 1 unspecified atom stereocenters. The molecule has 5 rings (SSSR count). The largest absolute Gasteiger partial charge is 0.353 e. The molecule has 2 fully saturated rings. The zero-order chi connectivity index (χ0) is 19.8. The zero-order valence-corrected chi connectivity index (χ0v) is 17.4. The molecule has 4 heterocycles. The minimum Gasteiger partial charge on any atom is -0.353 e. The summed E-state index contributed by atoms with van der Waals surface area (Å²) in [6.45, 7) is 2.68. The number of pyridine rings is 1. The van der Waals surface area contributed by atoms with Crippen LogP contribution in [0.15, 0.2) is 53.3 Å². The molecule has 0 radical (unpaired) electrons. The van der Waals surface area contributed by atoms with Crippen molar-refractivity contribution >= 4 is 21.7 Å². The Morgan fingerprint density at radius 1 is 1.14 bits per heavy atom. The van der Waals surface area contributed by atoms with Crippen molar-refractivity contribution in [3.8, 4) is 11.8 Å². The SMILES string of the molecule is N#Cc1cccnc1N1CCN2C(c3cn(-c4cccc(Br)c4)nn3)CC[C@H]2C1. The Bertz CT molecular complexity index is 1070. The lowest BCUT2D eigenvalue weighted by Crippen LogP contribution is -2.51. The first-order chi connectivity index (χ1) is 14.2. The number of rotatable bonds is 3. The smallest absolute Gasteiger partial charge is 0.146 e. The van der Waals surface area contributed by atoms with Gasteiger partial charge in [0.25, 0.3) is 0 Å². The molecule has 2 aromatic heterocycles. The molecule has 3 aromatic rings. The maximum Gasteiger partial charge on any atom is 0.146 e. The average Bonchev–Trinajstić information content (AvgIpc) is 3.40. The van der Waals surface area contributed by atoms with Gasteiger partial charge in [-0.05, 0) is 43.2 Å². The van der Waals surface area contributed by atoms with Crippen molar-refractivity contribution in [3.63, 3.8) is 0 Å². The van der Waals surface area contributed by atoms with E-state index in [-0.39, 0.29) is 0 Å². The summed E-state index contributed by atoms with van der Waals surface area (Å²) in [5.74, 6) is 0.804. The van der Waals surface area contributed by atoms with E-state index in [4.69, 9.17) is 0 Å². The lowest BCUT2D eigenvalue weighted by atomic mass is 10.1. The average molecular weight is 450 g/mol. The van der Waals surface area contributed by atoms with E-state index in [9.17, 15) is 5.26 Å². The van der Waals surface area contributed by atoms with E-state index < -0.39 is 0 Å². The maximum absolute atomic E-state index is 9.39. The normalized spacial score (nSPS) is 21.7. The molecule has 1 aromatic carbocycles. The lowest BCUT2D eigenvalue weighted by Gasteiger charge is -2.40. The fraction of sp³-hybridized carbons (Fsp3) is 0.333. The second kappa shape index (κ2) is 7.58. The molecule has 2 aliphatic heterocycles. The zero-order valence-electron chi connectivity index (χ0n) is 15.8. The Morgan fingerprint density at radius 3 is 2.93 bits per heavy atom. The van der Waals surface area contributed by atoms with Gasteiger partial charge in [-0.1, -0.05) is 27.2 Å². The highest BCUT2D eigenvalue weighted by Gasteiger charge is 2.39. The number of nitrogens with zero attached hydrogens (tertiary/aromatic N) is 7. The van der Waals surface area contributed by atoms with Crippen LogP contribution >= 0.6 is 15.9 Å².